The molecule has 0 amide bonds. The maximum Gasteiger partial charge on any atom is 0.151 e. The number of rotatable bonds is 4. The van der Waals surface area contributed by atoms with Gasteiger partial charge in [-0.3, -0.25) is 0 Å². The molecule has 0 radical (unpaired) electrons. The summed E-state index contributed by atoms with van der Waals surface area (Å²) in [6.45, 7) is 4.45. The zero-order valence-electron chi connectivity index (χ0n) is 12.1. The van der Waals surface area contributed by atoms with E-state index < -0.39 is 9.84 Å². The minimum Gasteiger partial charge on any atom is -0.324 e. The van der Waals surface area contributed by atoms with Crippen LogP contribution in [0.25, 0.3) is 0 Å². The van der Waals surface area contributed by atoms with Crippen LogP contribution in [0.1, 0.15) is 30.0 Å². The van der Waals surface area contributed by atoms with E-state index in [1.165, 1.54) is 11.1 Å². The molecule has 2 rings (SSSR count). The maximum absolute atomic E-state index is 11.6. The van der Waals surface area contributed by atoms with Crippen LogP contribution in [0.4, 0.5) is 0 Å². The van der Waals surface area contributed by atoms with Crippen LogP contribution in [0.2, 0.25) is 0 Å². The number of aryl methyl sites for hydroxylation is 1. The summed E-state index contributed by atoms with van der Waals surface area (Å²) in [4.78, 5) is 2.22. The van der Waals surface area contributed by atoms with E-state index in [0.717, 1.165) is 25.9 Å². The highest BCUT2D eigenvalue weighted by Crippen LogP contribution is 2.18. The fourth-order valence-electron chi connectivity index (χ4n) is 2.69. The molecular weight excluding hydrogens is 272 g/mol. The fourth-order valence-corrected chi connectivity index (χ4v) is 4.00. The number of benzene rings is 1. The Bertz CT molecular complexity index is 543. The Morgan fingerprint density at radius 2 is 2.00 bits per heavy atom. The Labute approximate surface area is 121 Å². The van der Waals surface area contributed by atoms with Gasteiger partial charge < -0.3 is 10.6 Å². The molecule has 1 aliphatic rings. The number of hydrogen-bond acceptors (Lipinski definition) is 4. The molecule has 5 heteroatoms. The van der Waals surface area contributed by atoms with Crippen molar-refractivity contribution in [3.8, 4) is 0 Å². The SMILES string of the molecule is Cc1ccccc1C(N)CCN1CCCS(=O)(=O)CC1. The van der Waals surface area contributed by atoms with E-state index in [-0.39, 0.29) is 11.8 Å². The summed E-state index contributed by atoms with van der Waals surface area (Å²) in [5, 5.41) is 0. The zero-order chi connectivity index (χ0) is 14.6. The number of nitrogens with two attached hydrogens (primary N) is 1. The summed E-state index contributed by atoms with van der Waals surface area (Å²) in [7, 11) is -2.82. The van der Waals surface area contributed by atoms with Crippen molar-refractivity contribution < 1.29 is 8.42 Å². The van der Waals surface area contributed by atoms with Crippen LogP contribution in [-0.4, -0.2) is 44.5 Å². The van der Waals surface area contributed by atoms with Gasteiger partial charge in [-0.05, 0) is 44.0 Å². The molecule has 1 aliphatic heterocycles. The van der Waals surface area contributed by atoms with E-state index in [4.69, 9.17) is 5.73 Å². The van der Waals surface area contributed by atoms with Gasteiger partial charge >= 0.3 is 0 Å². The van der Waals surface area contributed by atoms with Gasteiger partial charge in [0.05, 0.1) is 11.5 Å². The van der Waals surface area contributed by atoms with Crippen molar-refractivity contribution in [2.24, 2.45) is 5.73 Å². The third-order valence-electron chi connectivity index (χ3n) is 3.99. The summed E-state index contributed by atoms with van der Waals surface area (Å²) in [5.41, 5.74) is 8.67. The van der Waals surface area contributed by atoms with Crippen molar-refractivity contribution in [2.75, 3.05) is 31.1 Å². The lowest BCUT2D eigenvalue weighted by atomic mass is 9.99. The summed E-state index contributed by atoms with van der Waals surface area (Å²) in [5.74, 6) is 0.611. The molecule has 112 valence electrons. The van der Waals surface area contributed by atoms with Crippen LogP contribution in [0, 0.1) is 6.92 Å². The normalized spacial score (nSPS) is 21.3. The highest BCUT2D eigenvalue weighted by atomic mass is 32.2. The first-order valence-electron chi connectivity index (χ1n) is 7.22. The molecule has 0 aromatic heterocycles. The Morgan fingerprint density at radius 3 is 2.75 bits per heavy atom. The molecule has 2 N–H and O–H groups in total. The minimum absolute atomic E-state index is 0.0241. The summed E-state index contributed by atoms with van der Waals surface area (Å²) in [6.07, 6.45) is 1.60. The largest absolute Gasteiger partial charge is 0.324 e. The predicted molar refractivity (Wildman–Crippen MR) is 82.4 cm³/mol. The second-order valence-corrected chi connectivity index (χ2v) is 7.90. The number of hydrogen-bond donors (Lipinski definition) is 1. The first-order valence-corrected chi connectivity index (χ1v) is 9.04. The molecule has 1 atom stereocenters. The molecule has 1 fully saturated rings. The van der Waals surface area contributed by atoms with Gasteiger partial charge in [-0.15, -0.1) is 0 Å². The van der Waals surface area contributed by atoms with E-state index >= 15 is 0 Å². The Kier molecular flexibility index (Phi) is 5.18. The molecule has 0 aliphatic carbocycles. The van der Waals surface area contributed by atoms with E-state index in [0.29, 0.717) is 12.3 Å². The Morgan fingerprint density at radius 1 is 1.25 bits per heavy atom. The molecule has 1 aromatic rings. The highest BCUT2D eigenvalue weighted by Gasteiger charge is 2.19. The van der Waals surface area contributed by atoms with Crippen molar-refractivity contribution in [1.82, 2.24) is 4.90 Å². The Hall–Kier alpha value is -0.910. The van der Waals surface area contributed by atoms with Crippen LogP contribution in [0.3, 0.4) is 0 Å². The average molecular weight is 296 g/mol. The summed E-state index contributed by atoms with van der Waals surface area (Å²) >= 11 is 0. The molecule has 1 heterocycles. The van der Waals surface area contributed by atoms with Crippen LogP contribution in [0.5, 0.6) is 0 Å². The standard InChI is InChI=1S/C15H24N2O2S/c1-13-5-2-3-6-14(13)15(16)7-9-17-8-4-11-20(18,19)12-10-17/h2-3,5-6,15H,4,7-12,16H2,1H3. The van der Waals surface area contributed by atoms with Gasteiger partial charge in [-0.1, -0.05) is 24.3 Å². The van der Waals surface area contributed by atoms with E-state index in [9.17, 15) is 8.42 Å². The quantitative estimate of drug-likeness (QED) is 0.914. The molecule has 0 bridgehead atoms. The molecule has 20 heavy (non-hydrogen) atoms. The monoisotopic (exact) mass is 296 g/mol. The molecule has 1 unspecified atom stereocenters. The van der Waals surface area contributed by atoms with E-state index in [1.54, 1.807) is 0 Å². The van der Waals surface area contributed by atoms with Gasteiger partial charge in [0.2, 0.25) is 0 Å². The first-order chi connectivity index (χ1) is 9.48. The van der Waals surface area contributed by atoms with Crippen LogP contribution in [-0.2, 0) is 9.84 Å². The minimum atomic E-state index is -2.82. The van der Waals surface area contributed by atoms with E-state index in [1.807, 2.05) is 12.1 Å². The maximum atomic E-state index is 11.6. The average Bonchev–Trinajstić information content (AvgIpc) is 2.57. The molecular formula is C15H24N2O2S. The lowest BCUT2D eigenvalue weighted by molar-refractivity contribution is 0.283. The predicted octanol–water partition coefficient (Wildman–Crippen LogP) is 1.51. The third kappa shape index (κ3) is 4.30. The Balaban J connectivity index is 1.87. The molecule has 1 saturated heterocycles. The van der Waals surface area contributed by atoms with Gasteiger partial charge in [0, 0.05) is 12.6 Å². The molecule has 0 saturated carbocycles. The van der Waals surface area contributed by atoms with Gasteiger partial charge in [0.1, 0.15) is 0 Å². The molecule has 1 aromatic carbocycles. The fraction of sp³-hybridized carbons (Fsp3) is 0.600. The van der Waals surface area contributed by atoms with Gasteiger partial charge in [0.25, 0.3) is 0 Å². The third-order valence-corrected chi connectivity index (χ3v) is 5.71. The van der Waals surface area contributed by atoms with Crippen molar-refractivity contribution >= 4 is 9.84 Å². The highest BCUT2D eigenvalue weighted by molar-refractivity contribution is 7.91. The number of nitrogens with zero attached hydrogens (tertiary/aromatic N) is 1. The topological polar surface area (TPSA) is 63.4 Å². The smallest absolute Gasteiger partial charge is 0.151 e. The van der Waals surface area contributed by atoms with Crippen molar-refractivity contribution in [1.29, 1.82) is 0 Å². The molecule has 0 spiro atoms. The van der Waals surface area contributed by atoms with E-state index in [2.05, 4.69) is 24.0 Å². The first kappa shape index (κ1) is 15.5. The second kappa shape index (κ2) is 6.70. The van der Waals surface area contributed by atoms with Gasteiger partial charge in [-0.25, -0.2) is 8.42 Å². The van der Waals surface area contributed by atoms with Gasteiger partial charge in [0.15, 0.2) is 9.84 Å². The van der Waals surface area contributed by atoms with Crippen molar-refractivity contribution in [3.05, 3.63) is 35.4 Å². The lowest BCUT2D eigenvalue weighted by Crippen LogP contribution is -2.30. The van der Waals surface area contributed by atoms with Gasteiger partial charge in [-0.2, -0.15) is 0 Å². The van der Waals surface area contributed by atoms with Crippen molar-refractivity contribution in [3.63, 3.8) is 0 Å². The summed E-state index contributed by atoms with van der Waals surface area (Å²) < 4.78 is 23.1. The van der Waals surface area contributed by atoms with Crippen LogP contribution >= 0.6 is 0 Å². The lowest BCUT2D eigenvalue weighted by Gasteiger charge is -2.22. The molecule has 4 nitrogen and oxygen atoms in total. The van der Waals surface area contributed by atoms with Crippen LogP contribution < -0.4 is 5.73 Å². The van der Waals surface area contributed by atoms with Crippen molar-refractivity contribution in [2.45, 2.75) is 25.8 Å². The zero-order valence-corrected chi connectivity index (χ0v) is 12.9. The van der Waals surface area contributed by atoms with Crippen LogP contribution in [0.15, 0.2) is 24.3 Å². The second-order valence-electron chi connectivity index (χ2n) is 5.60. The number of sulfone groups is 1. The summed E-state index contributed by atoms with van der Waals surface area (Å²) in [6, 6.07) is 8.21.